The number of hydrogen-bond donors (Lipinski definition) is 0. The quantitative estimate of drug-likeness (QED) is 0.687. The summed E-state index contributed by atoms with van der Waals surface area (Å²) < 4.78 is 2.85. The number of rotatable bonds is 1. The Hall–Kier alpha value is -1.68. The van der Waals surface area contributed by atoms with Crippen molar-refractivity contribution in [2.75, 3.05) is 0 Å². The topological polar surface area (TPSA) is 30.7 Å². The summed E-state index contributed by atoms with van der Waals surface area (Å²) in [6.45, 7) is 0. The Labute approximate surface area is 107 Å². The van der Waals surface area contributed by atoms with Gasteiger partial charge in [0, 0.05) is 30.4 Å². The fourth-order valence-corrected chi connectivity index (χ4v) is 2.19. The largest absolute Gasteiger partial charge is 0.322 e. The van der Waals surface area contributed by atoms with Crippen molar-refractivity contribution in [1.29, 1.82) is 0 Å². The average Bonchev–Trinajstić information content (AvgIpc) is 2.70. The minimum Gasteiger partial charge on any atom is -0.322 e. The van der Waals surface area contributed by atoms with Gasteiger partial charge in [0.25, 0.3) is 0 Å². The van der Waals surface area contributed by atoms with E-state index in [0.29, 0.717) is 0 Å². The molecule has 3 aromatic rings. The van der Waals surface area contributed by atoms with E-state index in [1.807, 2.05) is 36.3 Å². The van der Waals surface area contributed by atoms with Crippen LogP contribution in [0, 0.1) is 0 Å². The summed E-state index contributed by atoms with van der Waals surface area (Å²) in [6.07, 6.45) is 5.55. The molecule has 0 spiro atoms. The van der Waals surface area contributed by atoms with Gasteiger partial charge in [0.15, 0.2) is 4.73 Å². The minimum atomic E-state index is 0.835. The van der Waals surface area contributed by atoms with Crippen LogP contribution in [0.25, 0.3) is 22.0 Å². The molecule has 0 saturated carbocycles. The zero-order valence-electron chi connectivity index (χ0n) is 9.26. The van der Waals surface area contributed by atoms with Crippen LogP contribution in [0.1, 0.15) is 0 Å². The molecule has 1 aromatic carbocycles. The van der Waals surface area contributed by atoms with E-state index in [-0.39, 0.29) is 0 Å². The lowest BCUT2D eigenvalue weighted by molar-refractivity contribution is 0.889. The third kappa shape index (κ3) is 1.74. The molecular weight excluding hydrogens is 278 g/mol. The number of imidazole rings is 1. The lowest BCUT2D eigenvalue weighted by atomic mass is 10.1. The number of benzene rings is 1. The fraction of sp³-hybridized carbons (Fsp3) is 0.0769. The first kappa shape index (κ1) is 10.5. The molecule has 0 unspecified atom stereocenters. The Morgan fingerprint density at radius 1 is 1.12 bits per heavy atom. The Kier molecular flexibility index (Phi) is 2.44. The van der Waals surface area contributed by atoms with E-state index in [1.165, 1.54) is 5.39 Å². The predicted octanol–water partition coefficient (Wildman–Crippen LogP) is 3.40. The molecule has 2 aromatic heterocycles. The van der Waals surface area contributed by atoms with Gasteiger partial charge in [-0.05, 0) is 33.4 Å². The molecule has 0 aliphatic heterocycles. The van der Waals surface area contributed by atoms with Crippen LogP contribution < -0.4 is 0 Å². The highest BCUT2D eigenvalue weighted by Gasteiger charge is 2.06. The molecule has 4 heteroatoms. The zero-order valence-corrected chi connectivity index (χ0v) is 10.8. The molecular formula is C13H10BrN3. The van der Waals surface area contributed by atoms with E-state index >= 15 is 0 Å². The summed E-state index contributed by atoms with van der Waals surface area (Å²) >= 11 is 3.40. The van der Waals surface area contributed by atoms with Gasteiger partial charge in [-0.15, -0.1) is 0 Å². The van der Waals surface area contributed by atoms with Crippen LogP contribution in [-0.4, -0.2) is 14.5 Å². The Morgan fingerprint density at radius 2 is 2.00 bits per heavy atom. The summed E-state index contributed by atoms with van der Waals surface area (Å²) in [5, 5.41) is 2.34. The molecule has 0 N–H and O–H groups in total. The highest BCUT2D eigenvalue weighted by molar-refractivity contribution is 9.10. The summed E-state index contributed by atoms with van der Waals surface area (Å²) in [5.41, 5.74) is 2.25. The third-order valence-electron chi connectivity index (χ3n) is 2.87. The maximum atomic E-state index is 4.24. The highest BCUT2D eigenvalue weighted by Crippen LogP contribution is 2.25. The van der Waals surface area contributed by atoms with Crippen LogP contribution in [0.15, 0.2) is 47.6 Å². The van der Waals surface area contributed by atoms with Crippen molar-refractivity contribution in [1.82, 2.24) is 14.5 Å². The predicted molar refractivity (Wildman–Crippen MR) is 71.6 cm³/mol. The van der Waals surface area contributed by atoms with Crippen molar-refractivity contribution in [3.63, 3.8) is 0 Å². The van der Waals surface area contributed by atoms with Crippen molar-refractivity contribution in [2.45, 2.75) is 0 Å². The maximum Gasteiger partial charge on any atom is 0.177 e. The molecule has 0 aliphatic carbocycles. The van der Waals surface area contributed by atoms with Gasteiger partial charge in [-0.3, -0.25) is 4.98 Å². The van der Waals surface area contributed by atoms with Gasteiger partial charge >= 0.3 is 0 Å². The number of pyridine rings is 1. The average molecular weight is 288 g/mol. The highest BCUT2D eigenvalue weighted by atomic mass is 79.9. The SMILES string of the molecule is Cn1c(-c2ccc3cnccc3c2)cnc1Br. The first-order valence-corrected chi connectivity index (χ1v) is 6.06. The first-order valence-electron chi connectivity index (χ1n) is 5.27. The second kappa shape index (κ2) is 3.96. The Morgan fingerprint density at radius 3 is 2.76 bits per heavy atom. The number of hydrogen-bond acceptors (Lipinski definition) is 2. The molecule has 0 saturated heterocycles. The van der Waals surface area contributed by atoms with E-state index in [2.05, 4.69) is 44.1 Å². The smallest absolute Gasteiger partial charge is 0.177 e. The molecule has 17 heavy (non-hydrogen) atoms. The minimum absolute atomic E-state index is 0.835. The van der Waals surface area contributed by atoms with Crippen molar-refractivity contribution >= 4 is 26.7 Å². The van der Waals surface area contributed by atoms with Crippen LogP contribution in [0.2, 0.25) is 0 Å². The van der Waals surface area contributed by atoms with Gasteiger partial charge in [-0.25, -0.2) is 4.98 Å². The van der Waals surface area contributed by atoms with E-state index < -0.39 is 0 Å². The normalized spacial score (nSPS) is 10.9. The molecule has 2 heterocycles. The number of aromatic nitrogens is 3. The molecule has 84 valence electrons. The van der Waals surface area contributed by atoms with Crippen molar-refractivity contribution in [3.8, 4) is 11.3 Å². The first-order chi connectivity index (χ1) is 8.25. The molecule has 0 atom stereocenters. The second-order valence-corrected chi connectivity index (χ2v) is 4.62. The van der Waals surface area contributed by atoms with E-state index in [1.54, 1.807) is 0 Å². The van der Waals surface area contributed by atoms with Gasteiger partial charge in [-0.2, -0.15) is 0 Å². The maximum absolute atomic E-state index is 4.24. The summed E-state index contributed by atoms with van der Waals surface area (Å²) in [4.78, 5) is 8.35. The zero-order chi connectivity index (χ0) is 11.8. The molecule has 0 aliphatic rings. The standard InChI is InChI=1S/C13H10BrN3/c1-17-12(8-16-13(17)14)10-2-3-11-7-15-5-4-9(11)6-10/h2-8H,1H3. The lowest BCUT2D eigenvalue weighted by Gasteiger charge is -2.04. The van der Waals surface area contributed by atoms with Gasteiger partial charge < -0.3 is 4.57 Å². The Balaban J connectivity index is 2.21. The van der Waals surface area contributed by atoms with E-state index in [4.69, 9.17) is 0 Å². The van der Waals surface area contributed by atoms with Crippen LogP contribution in [0.3, 0.4) is 0 Å². The lowest BCUT2D eigenvalue weighted by Crippen LogP contribution is -1.91. The van der Waals surface area contributed by atoms with Crippen molar-refractivity contribution < 1.29 is 0 Å². The Bertz CT molecular complexity index is 688. The third-order valence-corrected chi connectivity index (χ3v) is 3.60. The van der Waals surface area contributed by atoms with Crippen LogP contribution in [0.5, 0.6) is 0 Å². The summed E-state index contributed by atoms with van der Waals surface area (Å²) in [7, 11) is 1.99. The van der Waals surface area contributed by atoms with Crippen LogP contribution in [0.4, 0.5) is 0 Å². The monoisotopic (exact) mass is 287 g/mol. The van der Waals surface area contributed by atoms with Crippen LogP contribution >= 0.6 is 15.9 Å². The van der Waals surface area contributed by atoms with E-state index in [9.17, 15) is 0 Å². The van der Waals surface area contributed by atoms with Gasteiger partial charge in [0.2, 0.25) is 0 Å². The van der Waals surface area contributed by atoms with Crippen molar-refractivity contribution in [3.05, 3.63) is 47.6 Å². The summed E-state index contributed by atoms with van der Waals surface area (Å²) in [5.74, 6) is 0. The number of nitrogens with zero attached hydrogens (tertiary/aromatic N) is 3. The molecule has 0 bridgehead atoms. The number of fused-ring (bicyclic) bond motifs is 1. The van der Waals surface area contributed by atoms with Gasteiger partial charge in [0.1, 0.15) is 0 Å². The summed E-state index contributed by atoms with van der Waals surface area (Å²) in [6, 6.07) is 8.34. The van der Waals surface area contributed by atoms with Crippen molar-refractivity contribution in [2.24, 2.45) is 7.05 Å². The van der Waals surface area contributed by atoms with E-state index in [0.717, 1.165) is 21.4 Å². The molecule has 0 radical (unpaired) electrons. The molecule has 3 rings (SSSR count). The second-order valence-electron chi connectivity index (χ2n) is 3.91. The van der Waals surface area contributed by atoms with Crippen LogP contribution in [-0.2, 0) is 7.05 Å². The number of halogens is 1. The fourth-order valence-electron chi connectivity index (χ4n) is 1.90. The molecule has 3 nitrogen and oxygen atoms in total. The van der Waals surface area contributed by atoms with Gasteiger partial charge in [0.05, 0.1) is 11.9 Å². The molecule has 0 fully saturated rings. The molecule has 0 amide bonds. The van der Waals surface area contributed by atoms with Gasteiger partial charge in [-0.1, -0.05) is 12.1 Å².